The van der Waals surface area contributed by atoms with Gasteiger partial charge in [-0.3, -0.25) is 0 Å². The molecule has 0 amide bonds. The third-order valence-corrected chi connectivity index (χ3v) is 4.92. The lowest BCUT2D eigenvalue weighted by molar-refractivity contribution is 0.267. The predicted octanol–water partition coefficient (Wildman–Crippen LogP) is 5.97. The van der Waals surface area contributed by atoms with Crippen LogP contribution in [-0.2, 0) is 13.2 Å². The molecular formula is C20H25BrClNO2. The number of hydrogen-bond acceptors (Lipinski definition) is 3. The first-order valence-corrected chi connectivity index (χ1v) is 9.77. The second-order valence-electron chi connectivity index (χ2n) is 5.91. The SMILES string of the molecule is CCOc1cc(CN[C@H](C)CC)cc(Br)c1OCc1ccccc1Cl. The highest BCUT2D eigenvalue weighted by atomic mass is 79.9. The summed E-state index contributed by atoms with van der Waals surface area (Å²) < 4.78 is 12.7. The van der Waals surface area contributed by atoms with E-state index in [1.54, 1.807) is 0 Å². The van der Waals surface area contributed by atoms with E-state index in [-0.39, 0.29) is 0 Å². The van der Waals surface area contributed by atoms with Crippen LogP contribution < -0.4 is 14.8 Å². The molecular weight excluding hydrogens is 402 g/mol. The van der Waals surface area contributed by atoms with Crippen LogP contribution >= 0.6 is 27.5 Å². The Hall–Kier alpha value is -1.23. The Morgan fingerprint density at radius 3 is 2.60 bits per heavy atom. The van der Waals surface area contributed by atoms with Gasteiger partial charge in [0.1, 0.15) is 6.61 Å². The monoisotopic (exact) mass is 425 g/mol. The van der Waals surface area contributed by atoms with Crippen LogP contribution in [0.3, 0.4) is 0 Å². The van der Waals surface area contributed by atoms with E-state index >= 15 is 0 Å². The largest absolute Gasteiger partial charge is 0.490 e. The molecule has 0 bridgehead atoms. The maximum absolute atomic E-state index is 6.21. The second kappa shape index (κ2) is 10.0. The number of benzene rings is 2. The molecule has 0 aromatic heterocycles. The van der Waals surface area contributed by atoms with Crippen molar-refractivity contribution in [1.29, 1.82) is 0 Å². The quantitative estimate of drug-likeness (QED) is 0.536. The van der Waals surface area contributed by atoms with Crippen molar-refractivity contribution in [2.24, 2.45) is 0 Å². The number of halogens is 2. The maximum Gasteiger partial charge on any atom is 0.175 e. The van der Waals surface area contributed by atoms with Gasteiger partial charge in [-0.1, -0.05) is 36.7 Å². The molecule has 0 radical (unpaired) electrons. The average Bonchev–Trinajstić information content (AvgIpc) is 2.60. The van der Waals surface area contributed by atoms with Gasteiger partial charge in [-0.2, -0.15) is 0 Å². The number of hydrogen-bond donors (Lipinski definition) is 1. The van der Waals surface area contributed by atoms with E-state index in [2.05, 4.69) is 41.2 Å². The lowest BCUT2D eigenvalue weighted by Crippen LogP contribution is -2.24. The third-order valence-electron chi connectivity index (χ3n) is 3.97. The van der Waals surface area contributed by atoms with Gasteiger partial charge in [0.05, 0.1) is 11.1 Å². The first-order valence-electron chi connectivity index (χ1n) is 8.59. The highest BCUT2D eigenvalue weighted by molar-refractivity contribution is 9.10. The zero-order chi connectivity index (χ0) is 18.2. The zero-order valence-electron chi connectivity index (χ0n) is 14.9. The zero-order valence-corrected chi connectivity index (χ0v) is 17.3. The Morgan fingerprint density at radius 1 is 1.16 bits per heavy atom. The molecule has 2 rings (SSSR count). The van der Waals surface area contributed by atoms with Crippen LogP contribution in [0.1, 0.15) is 38.3 Å². The number of nitrogens with one attached hydrogen (secondary N) is 1. The Kier molecular flexibility index (Phi) is 8.07. The van der Waals surface area contributed by atoms with Gasteiger partial charge in [-0.15, -0.1) is 0 Å². The van der Waals surface area contributed by atoms with Crippen molar-refractivity contribution < 1.29 is 9.47 Å². The van der Waals surface area contributed by atoms with Crippen molar-refractivity contribution in [2.45, 2.75) is 46.4 Å². The number of rotatable bonds is 9. The lowest BCUT2D eigenvalue weighted by Gasteiger charge is -2.17. The topological polar surface area (TPSA) is 30.5 Å². The van der Waals surface area contributed by atoms with E-state index in [4.69, 9.17) is 21.1 Å². The summed E-state index contributed by atoms with van der Waals surface area (Å²) in [6.45, 7) is 8.08. The highest BCUT2D eigenvalue weighted by Crippen LogP contribution is 2.37. The van der Waals surface area contributed by atoms with E-state index < -0.39 is 0 Å². The average molecular weight is 427 g/mol. The minimum atomic E-state index is 0.392. The van der Waals surface area contributed by atoms with E-state index in [0.29, 0.717) is 30.0 Å². The fourth-order valence-electron chi connectivity index (χ4n) is 2.33. The lowest BCUT2D eigenvalue weighted by atomic mass is 10.1. The van der Waals surface area contributed by atoms with Crippen LogP contribution in [0.15, 0.2) is 40.9 Å². The van der Waals surface area contributed by atoms with Crippen molar-refractivity contribution in [3.63, 3.8) is 0 Å². The molecule has 0 aliphatic rings. The summed E-state index contributed by atoms with van der Waals surface area (Å²) in [6, 6.07) is 12.3. The first-order chi connectivity index (χ1) is 12.0. The second-order valence-corrected chi connectivity index (χ2v) is 7.17. The van der Waals surface area contributed by atoms with Crippen LogP contribution in [-0.4, -0.2) is 12.6 Å². The minimum Gasteiger partial charge on any atom is -0.490 e. The van der Waals surface area contributed by atoms with Crippen LogP contribution in [0.2, 0.25) is 5.02 Å². The molecule has 25 heavy (non-hydrogen) atoms. The standard InChI is InChI=1S/C20H25BrClNO2/c1-4-14(3)23-12-15-10-17(21)20(19(11-15)24-5-2)25-13-16-8-6-7-9-18(16)22/h6-11,14,23H,4-5,12-13H2,1-3H3/t14-/m1/s1. The van der Waals surface area contributed by atoms with Gasteiger partial charge >= 0.3 is 0 Å². The molecule has 0 heterocycles. The molecule has 0 saturated heterocycles. The first kappa shape index (κ1) is 20.1. The van der Waals surface area contributed by atoms with Crippen LogP contribution in [0, 0.1) is 0 Å². The fraction of sp³-hybridized carbons (Fsp3) is 0.400. The summed E-state index contributed by atoms with van der Waals surface area (Å²) in [6.07, 6.45) is 1.10. The van der Waals surface area contributed by atoms with E-state index in [0.717, 1.165) is 34.3 Å². The summed E-state index contributed by atoms with van der Waals surface area (Å²) in [5.41, 5.74) is 2.10. The molecule has 1 N–H and O–H groups in total. The molecule has 2 aromatic rings. The third kappa shape index (κ3) is 5.91. The predicted molar refractivity (Wildman–Crippen MR) is 108 cm³/mol. The summed E-state index contributed by atoms with van der Waals surface area (Å²) in [4.78, 5) is 0. The Morgan fingerprint density at radius 2 is 1.92 bits per heavy atom. The van der Waals surface area contributed by atoms with Gasteiger partial charge in [0.2, 0.25) is 0 Å². The molecule has 136 valence electrons. The fourth-order valence-corrected chi connectivity index (χ4v) is 3.12. The van der Waals surface area contributed by atoms with Crippen molar-refractivity contribution >= 4 is 27.5 Å². The highest BCUT2D eigenvalue weighted by Gasteiger charge is 2.13. The van der Waals surface area contributed by atoms with Gasteiger partial charge in [0.25, 0.3) is 0 Å². The van der Waals surface area contributed by atoms with E-state index in [9.17, 15) is 0 Å². The Balaban J connectivity index is 2.17. The summed E-state index contributed by atoms with van der Waals surface area (Å²) in [5, 5.41) is 4.20. The van der Waals surface area contributed by atoms with E-state index in [1.165, 1.54) is 0 Å². The molecule has 0 aliphatic heterocycles. The molecule has 2 aromatic carbocycles. The number of ether oxygens (including phenoxy) is 2. The molecule has 5 heteroatoms. The molecule has 0 saturated carbocycles. The van der Waals surface area contributed by atoms with Gasteiger partial charge in [0, 0.05) is 23.2 Å². The summed E-state index contributed by atoms with van der Waals surface area (Å²) in [5.74, 6) is 1.44. The molecule has 1 atom stereocenters. The molecule has 0 unspecified atom stereocenters. The van der Waals surface area contributed by atoms with Crippen molar-refractivity contribution in [3.8, 4) is 11.5 Å². The van der Waals surface area contributed by atoms with E-state index in [1.807, 2.05) is 37.3 Å². The van der Waals surface area contributed by atoms with Crippen molar-refractivity contribution in [1.82, 2.24) is 5.32 Å². The maximum atomic E-state index is 6.21. The molecule has 3 nitrogen and oxygen atoms in total. The van der Waals surface area contributed by atoms with Crippen molar-refractivity contribution in [3.05, 3.63) is 57.0 Å². The van der Waals surface area contributed by atoms with Gasteiger partial charge < -0.3 is 14.8 Å². The van der Waals surface area contributed by atoms with Crippen LogP contribution in [0.4, 0.5) is 0 Å². The summed E-state index contributed by atoms with van der Waals surface area (Å²) >= 11 is 9.83. The van der Waals surface area contributed by atoms with Crippen LogP contribution in [0.25, 0.3) is 0 Å². The minimum absolute atomic E-state index is 0.392. The molecule has 0 fully saturated rings. The normalized spacial score (nSPS) is 12.0. The van der Waals surface area contributed by atoms with Gasteiger partial charge in [0.15, 0.2) is 11.5 Å². The Bertz CT molecular complexity index is 693. The summed E-state index contributed by atoms with van der Waals surface area (Å²) in [7, 11) is 0. The van der Waals surface area contributed by atoms with Crippen LogP contribution in [0.5, 0.6) is 11.5 Å². The molecule has 0 aliphatic carbocycles. The van der Waals surface area contributed by atoms with Gasteiger partial charge in [-0.05, 0) is 60.0 Å². The Labute approximate surface area is 163 Å². The van der Waals surface area contributed by atoms with Crippen molar-refractivity contribution in [2.75, 3.05) is 6.61 Å². The smallest absolute Gasteiger partial charge is 0.175 e. The van der Waals surface area contributed by atoms with Gasteiger partial charge in [-0.25, -0.2) is 0 Å². The molecule has 0 spiro atoms.